The highest BCUT2D eigenvalue weighted by Crippen LogP contribution is 2.32. The Kier molecular flexibility index (Phi) is 7.39. The SMILES string of the molecule is CCNC(=NCc1cccc(C(=O)NC(C)(C)C)c1)Nc1ccc2c(c1)OCCCO2. The maximum absolute atomic E-state index is 12.4. The van der Waals surface area contributed by atoms with Crippen LogP contribution in [0.5, 0.6) is 11.5 Å². The van der Waals surface area contributed by atoms with Gasteiger partial charge in [-0.15, -0.1) is 0 Å². The molecule has 166 valence electrons. The highest BCUT2D eigenvalue weighted by Gasteiger charge is 2.15. The molecule has 0 saturated heterocycles. The Hall–Kier alpha value is -3.22. The topological polar surface area (TPSA) is 84.0 Å². The fraction of sp³-hybridized carbons (Fsp3) is 0.417. The summed E-state index contributed by atoms with van der Waals surface area (Å²) in [6.07, 6.45) is 0.869. The number of nitrogens with one attached hydrogen (secondary N) is 3. The molecule has 7 nitrogen and oxygen atoms in total. The number of fused-ring (bicyclic) bond motifs is 1. The second-order valence-electron chi connectivity index (χ2n) is 8.44. The molecule has 3 rings (SSSR count). The summed E-state index contributed by atoms with van der Waals surface area (Å²) in [6, 6.07) is 13.3. The molecule has 0 fully saturated rings. The minimum absolute atomic E-state index is 0.0874. The van der Waals surface area contributed by atoms with Crippen LogP contribution < -0.4 is 25.4 Å². The number of amides is 1. The van der Waals surface area contributed by atoms with E-state index in [1.807, 2.05) is 70.2 Å². The quantitative estimate of drug-likeness (QED) is 0.500. The van der Waals surface area contributed by atoms with Gasteiger partial charge in [-0.3, -0.25) is 4.79 Å². The number of rotatable bonds is 5. The predicted molar refractivity (Wildman–Crippen MR) is 124 cm³/mol. The van der Waals surface area contributed by atoms with Gasteiger partial charge in [-0.2, -0.15) is 0 Å². The van der Waals surface area contributed by atoms with Crippen LogP contribution in [0.2, 0.25) is 0 Å². The number of nitrogens with zero attached hydrogens (tertiary/aromatic N) is 1. The van der Waals surface area contributed by atoms with Gasteiger partial charge in [-0.05, 0) is 57.5 Å². The maximum Gasteiger partial charge on any atom is 0.251 e. The molecule has 3 N–H and O–H groups in total. The van der Waals surface area contributed by atoms with Crippen molar-refractivity contribution in [2.45, 2.75) is 46.2 Å². The minimum atomic E-state index is -0.282. The van der Waals surface area contributed by atoms with Crippen LogP contribution in [0, 0.1) is 0 Å². The van der Waals surface area contributed by atoms with Gasteiger partial charge in [0.1, 0.15) is 0 Å². The number of benzene rings is 2. The lowest BCUT2D eigenvalue weighted by molar-refractivity contribution is 0.0919. The van der Waals surface area contributed by atoms with Gasteiger partial charge in [0, 0.05) is 35.8 Å². The van der Waals surface area contributed by atoms with E-state index in [0.29, 0.717) is 31.3 Å². The fourth-order valence-electron chi connectivity index (χ4n) is 3.08. The summed E-state index contributed by atoms with van der Waals surface area (Å²) in [5.74, 6) is 2.06. The van der Waals surface area contributed by atoms with E-state index in [2.05, 4.69) is 20.9 Å². The first-order chi connectivity index (χ1) is 14.8. The van der Waals surface area contributed by atoms with Gasteiger partial charge >= 0.3 is 0 Å². The van der Waals surface area contributed by atoms with E-state index in [4.69, 9.17) is 9.47 Å². The molecule has 0 unspecified atom stereocenters. The van der Waals surface area contributed by atoms with Crippen molar-refractivity contribution in [1.82, 2.24) is 10.6 Å². The van der Waals surface area contributed by atoms with Crippen molar-refractivity contribution in [1.29, 1.82) is 0 Å². The molecular formula is C24H32N4O3. The Morgan fingerprint density at radius 3 is 2.58 bits per heavy atom. The molecule has 1 aliphatic rings. The Morgan fingerprint density at radius 2 is 1.84 bits per heavy atom. The van der Waals surface area contributed by atoms with E-state index in [1.54, 1.807) is 0 Å². The smallest absolute Gasteiger partial charge is 0.251 e. The summed E-state index contributed by atoms with van der Waals surface area (Å²) in [7, 11) is 0. The average Bonchev–Trinajstić information content (AvgIpc) is 2.96. The van der Waals surface area contributed by atoms with Crippen molar-refractivity contribution in [2.75, 3.05) is 25.1 Å². The van der Waals surface area contributed by atoms with E-state index >= 15 is 0 Å². The molecule has 7 heteroatoms. The van der Waals surface area contributed by atoms with Crippen LogP contribution in [0.1, 0.15) is 50.0 Å². The summed E-state index contributed by atoms with van der Waals surface area (Å²) < 4.78 is 11.5. The van der Waals surface area contributed by atoms with E-state index in [9.17, 15) is 4.79 Å². The second kappa shape index (κ2) is 10.2. The molecule has 2 aromatic carbocycles. The minimum Gasteiger partial charge on any atom is -0.490 e. The van der Waals surface area contributed by atoms with Crippen LogP contribution in [0.4, 0.5) is 5.69 Å². The summed E-state index contributed by atoms with van der Waals surface area (Å²) in [5, 5.41) is 9.55. The molecule has 31 heavy (non-hydrogen) atoms. The molecule has 0 atom stereocenters. The molecule has 1 aliphatic heterocycles. The van der Waals surface area contributed by atoms with E-state index < -0.39 is 0 Å². The standard InChI is InChI=1S/C24H32N4O3/c1-5-25-23(27-19-10-11-20-21(15-19)31-13-7-12-30-20)26-16-17-8-6-9-18(14-17)22(29)28-24(2,3)4/h6,8-11,14-15H,5,7,12-13,16H2,1-4H3,(H,28,29)(H2,25,26,27). The molecule has 0 spiro atoms. The first-order valence-electron chi connectivity index (χ1n) is 10.7. The molecule has 1 amide bonds. The Bertz CT molecular complexity index is 935. The molecule has 2 aromatic rings. The molecule has 0 aromatic heterocycles. The third-order valence-electron chi connectivity index (χ3n) is 4.45. The average molecular weight is 425 g/mol. The summed E-state index contributed by atoms with van der Waals surface area (Å²) in [6.45, 7) is 10.4. The van der Waals surface area contributed by atoms with Gasteiger partial charge in [0.2, 0.25) is 0 Å². The normalized spacial score (nSPS) is 13.9. The summed E-state index contributed by atoms with van der Waals surface area (Å²) in [5.41, 5.74) is 2.17. The van der Waals surface area contributed by atoms with Crippen molar-refractivity contribution in [3.63, 3.8) is 0 Å². The highest BCUT2D eigenvalue weighted by molar-refractivity contribution is 5.95. The van der Waals surface area contributed by atoms with Crippen LogP contribution in [-0.4, -0.2) is 37.2 Å². The highest BCUT2D eigenvalue weighted by atomic mass is 16.5. The Labute approximate surface area is 184 Å². The van der Waals surface area contributed by atoms with Crippen LogP contribution in [-0.2, 0) is 6.54 Å². The van der Waals surface area contributed by atoms with Gasteiger partial charge in [0.15, 0.2) is 17.5 Å². The summed E-state index contributed by atoms with van der Waals surface area (Å²) in [4.78, 5) is 17.1. The molecule has 0 saturated carbocycles. The Balaban J connectivity index is 1.71. The lowest BCUT2D eigenvalue weighted by atomic mass is 10.1. The third-order valence-corrected chi connectivity index (χ3v) is 4.45. The number of hydrogen-bond acceptors (Lipinski definition) is 4. The molecule has 1 heterocycles. The van der Waals surface area contributed by atoms with E-state index in [1.165, 1.54) is 0 Å². The number of carbonyl (C=O) groups is 1. The van der Waals surface area contributed by atoms with Crippen LogP contribution >= 0.6 is 0 Å². The van der Waals surface area contributed by atoms with Crippen molar-refractivity contribution < 1.29 is 14.3 Å². The predicted octanol–water partition coefficient (Wildman–Crippen LogP) is 3.95. The zero-order valence-corrected chi connectivity index (χ0v) is 18.7. The number of carbonyl (C=O) groups excluding carboxylic acids is 1. The monoisotopic (exact) mass is 424 g/mol. The van der Waals surface area contributed by atoms with Crippen molar-refractivity contribution in [3.8, 4) is 11.5 Å². The van der Waals surface area contributed by atoms with Gasteiger partial charge in [0.05, 0.1) is 19.8 Å². The zero-order valence-electron chi connectivity index (χ0n) is 18.7. The van der Waals surface area contributed by atoms with E-state index in [-0.39, 0.29) is 11.4 Å². The van der Waals surface area contributed by atoms with Crippen molar-refractivity contribution in [3.05, 3.63) is 53.6 Å². The zero-order chi connectivity index (χ0) is 22.3. The van der Waals surface area contributed by atoms with Crippen molar-refractivity contribution >= 4 is 17.6 Å². The van der Waals surface area contributed by atoms with Gasteiger partial charge < -0.3 is 25.4 Å². The first kappa shape index (κ1) is 22.5. The lowest BCUT2D eigenvalue weighted by Crippen LogP contribution is -2.40. The first-order valence-corrected chi connectivity index (χ1v) is 10.7. The van der Waals surface area contributed by atoms with Crippen LogP contribution in [0.15, 0.2) is 47.5 Å². The van der Waals surface area contributed by atoms with Crippen LogP contribution in [0.25, 0.3) is 0 Å². The van der Waals surface area contributed by atoms with Gasteiger partial charge in [-0.25, -0.2) is 4.99 Å². The molecule has 0 radical (unpaired) electrons. The fourth-order valence-corrected chi connectivity index (χ4v) is 3.08. The number of anilines is 1. The van der Waals surface area contributed by atoms with Gasteiger partial charge in [0.25, 0.3) is 5.91 Å². The number of ether oxygens (including phenoxy) is 2. The number of hydrogen-bond donors (Lipinski definition) is 3. The lowest BCUT2D eigenvalue weighted by Gasteiger charge is -2.20. The maximum atomic E-state index is 12.4. The number of guanidine groups is 1. The molecule has 0 aliphatic carbocycles. The molecule has 0 bridgehead atoms. The van der Waals surface area contributed by atoms with Gasteiger partial charge in [-0.1, -0.05) is 12.1 Å². The second-order valence-corrected chi connectivity index (χ2v) is 8.44. The largest absolute Gasteiger partial charge is 0.490 e. The van der Waals surface area contributed by atoms with Crippen molar-refractivity contribution in [2.24, 2.45) is 4.99 Å². The number of aliphatic imine (C=N–C) groups is 1. The van der Waals surface area contributed by atoms with E-state index in [0.717, 1.165) is 35.7 Å². The van der Waals surface area contributed by atoms with Crippen LogP contribution in [0.3, 0.4) is 0 Å². The summed E-state index contributed by atoms with van der Waals surface area (Å²) >= 11 is 0. The molecular weight excluding hydrogens is 392 g/mol. The third kappa shape index (κ3) is 6.91. The Morgan fingerprint density at radius 1 is 1.06 bits per heavy atom.